The van der Waals surface area contributed by atoms with Gasteiger partial charge >= 0.3 is 0 Å². The maximum atomic E-state index is 5.93. The van der Waals surface area contributed by atoms with Gasteiger partial charge in [0.1, 0.15) is 5.52 Å². The highest BCUT2D eigenvalue weighted by Gasteiger charge is 2.31. The van der Waals surface area contributed by atoms with Crippen molar-refractivity contribution in [3.8, 4) is 0 Å². The first-order valence-corrected chi connectivity index (χ1v) is 7.37. The quantitative estimate of drug-likeness (QED) is 0.924. The van der Waals surface area contributed by atoms with E-state index in [1.807, 2.05) is 24.5 Å². The van der Waals surface area contributed by atoms with Crippen LogP contribution in [0.5, 0.6) is 0 Å². The number of anilines is 1. The first kappa shape index (κ1) is 12.8. The summed E-state index contributed by atoms with van der Waals surface area (Å²) in [6.45, 7) is 3.99. The van der Waals surface area contributed by atoms with Crippen LogP contribution in [0.4, 0.5) is 5.69 Å². The van der Waals surface area contributed by atoms with E-state index in [2.05, 4.69) is 37.7 Å². The van der Waals surface area contributed by atoms with Gasteiger partial charge in [0.05, 0.1) is 11.2 Å². The molecule has 4 nitrogen and oxygen atoms in total. The summed E-state index contributed by atoms with van der Waals surface area (Å²) in [6, 6.07) is 4.45. The van der Waals surface area contributed by atoms with Crippen molar-refractivity contribution in [1.82, 2.24) is 9.97 Å². The zero-order chi connectivity index (χ0) is 13.4. The van der Waals surface area contributed by atoms with Crippen LogP contribution in [0.15, 0.2) is 29.0 Å². The number of pyridine rings is 2. The highest BCUT2D eigenvalue weighted by atomic mass is 79.9. The first-order chi connectivity index (χ1) is 9.20. The third-order valence-electron chi connectivity index (χ3n) is 3.96. The molecule has 1 fully saturated rings. The van der Waals surface area contributed by atoms with Crippen molar-refractivity contribution in [3.63, 3.8) is 0 Å². The van der Waals surface area contributed by atoms with Gasteiger partial charge in [-0.1, -0.05) is 6.92 Å². The van der Waals surface area contributed by atoms with Crippen LogP contribution in [-0.4, -0.2) is 29.1 Å². The SMILES string of the molecule is CC1CCN(c2ccnc3cc(Br)cnc23)C1CN. The van der Waals surface area contributed by atoms with Gasteiger partial charge in [-0.3, -0.25) is 9.97 Å². The van der Waals surface area contributed by atoms with Crippen LogP contribution >= 0.6 is 15.9 Å². The van der Waals surface area contributed by atoms with Crippen molar-refractivity contribution in [2.24, 2.45) is 11.7 Å². The monoisotopic (exact) mass is 320 g/mol. The normalized spacial score (nSPS) is 23.2. The van der Waals surface area contributed by atoms with E-state index in [1.165, 1.54) is 6.42 Å². The fraction of sp³-hybridized carbons (Fsp3) is 0.429. The standard InChI is InChI=1S/C14H17BrN4/c1-9-3-5-19(13(9)7-16)12-2-4-17-11-6-10(15)8-18-14(11)12/h2,4,6,8-9,13H,3,5,7,16H2,1H3. The second-order valence-electron chi connectivity index (χ2n) is 5.11. The molecule has 0 amide bonds. The molecule has 1 saturated heterocycles. The van der Waals surface area contributed by atoms with Gasteiger partial charge in [0.2, 0.25) is 0 Å². The average molecular weight is 321 g/mol. The second-order valence-corrected chi connectivity index (χ2v) is 6.03. The molecule has 2 aromatic rings. The van der Waals surface area contributed by atoms with Gasteiger partial charge in [0.15, 0.2) is 0 Å². The number of aromatic nitrogens is 2. The molecule has 1 aliphatic rings. The van der Waals surface area contributed by atoms with Crippen molar-refractivity contribution >= 4 is 32.7 Å². The molecule has 3 heterocycles. The average Bonchev–Trinajstić information content (AvgIpc) is 2.78. The Morgan fingerprint density at radius 1 is 1.47 bits per heavy atom. The van der Waals surface area contributed by atoms with Gasteiger partial charge in [-0.2, -0.15) is 0 Å². The molecule has 5 heteroatoms. The Labute approximate surface area is 121 Å². The van der Waals surface area contributed by atoms with E-state index in [0.717, 1.165) is 27.7 Å². The zero-order valence-corrected chi connectivity index (χ0v) is 12.5. The van der Waals surface area contributed by atoms with Crippen molar-refractivity contribution in [1.29, 1.82) is 0 Å². The van der Waals surface area contributed by atoms with E-state index in [9.17, 15) is 0 Å². The van der Waals surface area contributed by atoms with Crippen LogP contribution in [0, 0.1) is 5.92 Å². The summed E-state index contributed by atoms with van der Waals surface area (Å²) in [5, 5.41) is 0. The maximum absolute atomic E-state index is 5.93. The molecule has 0 bridgehead atoms. The van der Waals surface area contributed by atoms with E-state index >= 15 is 0 Å². The molecule has 2 aromatic heterocycles. The third kappa shape index (κ3) is 2.21. The fourth-order valence-electron chi connectivity index (χ4n) is 2.89. The van der Waals surface area contributed by atoms with Gasteiger partial charge in [-0.05, 0) is 40.4 Å². The maximum Gasteiger partial charge on any atom is 0.112 e. The largest absolute Gasteiger partial charge is 0.365 e. The summed E-state index contributed by atoms with van der Waals surface area (Å²) in [4.78, 5) is 11.3. The number of hydrogen-bond donors (Lipinski definition) is 1. The molecule has 0 radical (unpaired) electrons. The van der Waals surface area contributed by atoms with Gasteiger partial charge in [0.25, 0.3) is 0 Å². The molecule has 0 saturated carbocycles. The lowest BCUT2D eigenvalue weighted by Crippen LogP contribution is -2.38. The molecule has 3 rings (SSSR count). The highest BCUT2D eigenvalue weighted by Crippen LogP contribution is 2.33. The molecule has 19 heavy (non-hydrogen) atoms. The van der Waals surface area contributed by atoms with Crippen molar-refractivity contribution < 1.29 is 0 Å². The minimum Gasteiger partial charge on any atom is -0.365 e. The third-order valence-corrected chi connectivity index (χ3v) is 4.39. The van der Waals surface area contributed by atoms with E-state index in [0.29, 0.717) is 18.5 Å². The number of hydrogen-bond acceptors (Lipinski definition) is 4. The fourth-order valence-corrected chi connectivity index (χ4v) is 3.21. The molecule has 2 atom stereocenters. The van der Waals surface area contributed by atoms with Gasteiger partial charge in [-0.25, -0.2) is 0 Å². The predicted octanol–water partition coefficient (Wildman–Crippen LogP) is 2.57. The molecule has 0 aliphatic carbocycles. The number of nitrogens with two attached hydrogens (primary N) is 1. The van der Waals surface area contributed by atoms with Crippen LogP contribution in [0.1, 0.15) is 13.3 Å². The lowest BCUT2D eigenvalue weighted by Gasteiger charge is -2.28. The number of halogens is 1. The van der Waals surface area contributed by atoms with E-state index in [-0.39, 0.29) is 0 Å². The van der Waals surface area contributed by atoms with Crippen LogP contribution in [0.2, 0.25) is 0 Å². The van der Waals surface area contributed by atoms with Crippen LogP contribution in [0.3, 0.4) is 0 Å². The van der Waals surface area contributed by atoms with Gasteiger partial charge < -0.3 is 10.6 Å². The van der Waals surface area contributed by atoms with Gasteiger partial charge in [-0.15, -0.1) is 0 Å². The molecule has 0 aromatic carbocycles. The summed E-state index contributed by atoms with van der Waals surface area (Å²) in [7, 11) is 0. The Morgan fingerprint density at radius 3 is 3.11 bits per heavy atom. The molecular weight excluding hydrogens is 304 g/mol. The van der Waals surface area contributed by atoms with Crippen molar-refractivity contribution in [2.75, 3.05) is 18.0 Å². The summed E-state index contributed by atoms with van der Waals surface area (Å²) in [5.74, 6) is 0.628. The second kappa shape index (κ2) is 5.06. The smallest absolute Gasteiger partial charge is 0.112 e. The number of fused-ring (bicyclic) bond motifs is 1. The Hall–Kier alpha value is -1.20. The minimum atomic E-state index is 0.399. The predicted molar refractivity (Wildman–Crippen MR) is 81.2 cm³/mol. The first-order valence-electron chi connectivity index (χ1n) is 6.57. The molecular formula is C14H17BrN4. The molecule has 1 aliphatic heterocycles. The molecule has 2 N–H and O–H groups in total. The number of nitrogens with zero attached hydrogens (tertiary/aromatic N) is 3. The van der Waals surface area contributed by atoms with Crippen LogP contribution in [-0.2, 0) is 0 Å². The Bertz CT molecular complexity index is 601. The summed E-state index contributed by atoms with van der Waals surface area (Å²) < 4.78 is 0.954. The summed E-state index contributed by atoms with van der Waals surface area (Å²) >= 11 is 3.44. The summed E-state index contributed by atoms with van der Waals surface area (Å²) in [5.41, 5.74) is 8.96. The highest BCUT2D eigenvalue weighted by molar-refractivity contribution is 9.10. The Kier molecular flexibility index (Phi) is 3.41. The molecule has 100 valence electrons. The van der Waals surface area contributed by atoms with Crippen molar-refractivity contribution in [2.45, 2.75) is 19.4 Å². The van der Waals surface area contributed by atoms with Crippen molar-refractivity contribution in [3.05, 3.63) is 29.0 Å². The molecule has 2 unspecified atom stereocenters. The van der Waals surface area contributed by atoms with Crippen LogP contribution in [0.25, 0.3) is 11.0 Å². The zero-order valence-electron chi connectivity index (χ0n) is 10.9. The topological polar surface area (TPSA) is 55.0 Å². The van der Waals surface area contributed by atoms with E-state index < -0.39 is 0 Å². The molecule has 0 spiro atoms. The summed E-state index contributed by atoms with van der Waals surface area (Å²) in [6.07, 6.45) is 4.86. The van der Waals surface area contributed by atoms with E-state index in [1.54, 1.807) is 0 Å². The Morgan fingerprint density at radius 2 is 2.32 bits per heavy atom. The Balaban J connectivity index is 2.10. The minimum absolute atomic E-state index is 0.399. The van der Waals surface area contributed by atoms with Crippen LogP contribution < -0.4 is 10.6 Å². The lowest BCUT2D eigenvalue weighted by atomic mass is 10.0. The van der Waals surface area contributed by atoms with E-state index in [4.69, 9.17) is 5.73 Å². The lowest BCUT2D eigenvalue weighted by molar-refractivity contribution is 0.519. The number of rotatable bonds is 2. The van der Waals surface area contributed by atoms with Gasteiger partial charge in [0, 0.05) is 36.0 Å².